The summed E-state index contributed by atoms with van der Waals surface area (Å²) in [6.07, 6.45) is 5.63. The minimum atomic E-state index is -0.340. The van der Waals surface area contributed by atoms with Gasteiger partial charge in [-0.05, 0) is 67.9 Å². The number of hydrogen-bond acceptors (Lipinski definition) is 2. The van der Waals surface area contributed by atoms with Crippen LogP contribution in [-0.4, -0.2) is 33.8 Å². The van der Waals surface area contributed by atoms with Crippen LogP contribution in [0.15, 0.2) is 42.5 Å². The number of fused-ring (bicyclic) bond motifs is 4. The van der Waals surface area contributed by atoms with Crippen molar-refractivity contribution in [3.8, 4) is 0 Å². The fourth-order valence-electron chi connectivity index (χ4n) is 5.23. The zero-order valence-electron chi connectivity index (χ0n) is 16.8. The summed E-state index contributed by atoms with van der Waals surface area (Å²) in [5.41, 5.74) is 8.51. The second kappa shape index (κ2) is 7.38. The van der Waals surface area contributed by atoms with E-state index in [-0.39, 0.29) is 6.10 Å². The molecule has 2 aliphatic rings. The first-order valence-electron chi connectivity index (χ1n) is 10.8. The molecule has 1 atom stereocenters. The van der Waals surface area contributed by atoms with Crippen LogP contribution in [0, 0.1) is 6.92 Å². The van der Waals surface area contributed by atoms with Crippen molar-refractivity contribution in [2.24, 2.45) is 0 Å². The van der Waals surface area contributed by atoms with E-state index in [2.05, 4.69) is 58.9 Å². The van der Waals surface area contributed by atoms with E-state index in [1.165, 1.54) is 58.1 Å². The van der Waals surface area contributed by atoms with Gasteiger partial charge in [-0.3, -0.25) is 4.90 Å². The highest BCUT2D eigenvalue weighted by Gasteiger charge is 2.23. The van der Waals surface area contributed by atoms with Crippen LogP contribution >= 0.6 is 0 Å². The molecule has 2 aromatic carbocycles. The standard InChI is InChI=1S/C25H30N2O/c1-18-10-11-25-23(14-18)22-8-4-5-9-24(22)27(25)17-21(28)16-26-13-12-19-6-2-3-7-20(19)15-26/h2-3,6-7,10-11,14,21,28H,4-5,8-9,12-13,15-17H2,1H3/t21-/m1/s1. The lowest BCUT2D eigenvalue weighted by molar-refractivity contribution is 0.0920. The number of aliphatic hydroxyl groups is 1. The van der Waals surface area contributed by atoms with Gasteiger partial charge in [-0.1, -0.05) is 35.9 Å². The lowest BCUT2D eigenvalue weighted by atomic mass is 9.95. The monoisotopic (exact) mass is 374 g/mol. The zero-order valence-corrected chi connectivity index (χ0v) is 16.8. The molecule has 1 aliphatic carbocycles. The molecule has 0 unspecified atom stereocenters. The van der Waals surface area contributed by atoms with Crippen molar-refractivity contribution in [2.75, 3.05) is 13.1 Å². The minimum Gasteiger partial charge on any atom is -0.390 e. The zero-order chi connectivity index (χ0) is 19.1. The second-order valence-corrected chi connectivity index (χ2v) is 8.67. The Morgan fingerprint density at radius 1 is 0.964 bits per heavy atom. The van der Waals surface area contributed by atoms with E-state index >= 15 is 0 Å². The summed E-state index contributed by atoms with van der Waals surface area (Å²) in [6.45, 7) is 5.62. The Kier molecular flexibility index (Phi) is 4.73. The van der Waals surface area contributed by atoms with Gasteiger partial charge in [0, 0.05) is 36.2 Å². The summed E-state index contributed by atoms with van der Waals surface area (Å²) in [5.74, 6) is 0. The number of hydrogen-bond donors (Lipinski definition) is 1. The fraction of sp³-hybridized carbons (Fsp3) is 0.440. The van der Waals surface area contributed by atoms with Crippen LogP contribution in [0.5, 0.6) is 0 Å². The van der Waals surface area contributed by atoms with Crippen LogP contribution in [0.25, 0.3) is 10.9 Å². The van der Waals surface area contributed by atoms with Crippen LogP contribution in [0.3, 0.4) is 0 Å². The molecule has 2 heterocycles. The molecule has 28 heavy (non-hydrogen) atoms. The number of aryl methyl sites for hydroxylation is 2. The SMILES string of the molecule is Cc1ccc2c(c1)c1c(n2C[C@H](O)CN2CCc3ccccc3C2)CCCC1. The highest BCUT2D eigenvalue weighted by atomic mass is 16.3. The van der Waals surface area contributed by atoms with Gasteiger partial charge in [0.05, 0.1) is 12.6 Å². The molecule has 0 spiro atoms. The van der Waals surface area contributed by atoms with Gasteiger partial charge in [0.15, 0.2) is 0 Å². The molecule has 3 heteroatoms. The van der Waals surface area contributed by atoms with Crippen LogP contribution in [0.4, 0.5) is 0 Å². The molecule has 3 aromatic rings. The Hall–Kier alpha value is -2.10. The first-order chi connectivity index (χ1) is 13.7. The van der Waals surface area contributed by atoms with E-state index in [4.69, 9.17) is 0 Å². The summed E-state index contributed by atoms with van der Waals surface area (Å²) >= 11 is 0. The lowest BCUT2D eigenvalue weighted by Crippen LogP contribution is -2.38. The van der Waals surface area contributed by atoms with Gasteiger partial charge in [0.1, 0.15) is 0 Å². The molecular weight excluding hydrogens is 344 g/mol. The number of benzene rings is 2. The number of aliphatic hydroxyl groups excluding tert-OH is 1. The van der Waals surface area contributed by atoms with Crippen molar-refractivity contribution in [3.05, 3.63) is 70.4 Å². The third-order valence-electron chi connectivity index (χ3n) is 6.60. The average Bonchev–Trinajstić information content (AvgIpc) is 3.01. The Labute approximate surface area is 167 Å². The molecule has 0 bridgehead atoms. The minimum absolute atomic E-state index is 0.340. The summed E-state index contributed by atoms with van der Waals surface area (Å²) < 4.78 is 2.42. The smallest absolute Gasteiger partial charge is 0.0845 e. The van der Waals surface area contributed by atoms with Gasteiger partial charge < -0.3 is 9.67 Å². The van der Waals surface area contributed by atoms with E-state index in [0.29, 0.717) is 6.54 Å². The molecule has 1 aliphatic heterocycles. The van der Waals surface area contributed by atoms with Gasteiger partial charge in [-0.2, -0.15) is 0 Å². The van der Waals surface area contributed by atoms with E-state index < -0.39 is 0 Å². The van der Waals surface area contributed by atoms with Crippen molar-refractivity contribution in [3.63, 3.8) is 0 Å². The Morgan fingerprint density at radius 3 is 2.68 bits per heavy atom. The van der Waals surface area contributed by atoms with Crippen molar-refractivity contribution >= 4 is 10.9 Å². The molecule has 3 nitrogen and oxygen atoms in total. The number of nitrogens with zero attached hydrogens (tertiary/aromatic N) is 2. The number of aromatic nitrogens is 1. The van der Waals surface area contributed by atoms with Gasteiger partial charge in [0.25, 0.3) is 0 Å². The average molecular weight is 375 g/mol. The summed E-state index contributed by atoms with van der Waals surface area (Å²) in [6, 6.07) is 15.5. The van der Waals surface area contributed by atoms with Crippen molar-refractivity contribution in [1.82, 2.24) is 9.47 Å². The van der Waals surface area contributed by atoms with Gasteiger partial charge >= 0.3 is 0 Å². The largest absolute Gasteiger partial charge is 0.390 e. The van der Waals surface area contributed by atoms with Crippen LogP contribution < -0.4 is 0 Å². The highest BCUT2D eigenvalue weighted by Crippen LogP contribution is 2.33. The van der Waals surface area contributed by atoms with Crippen LogP contribution in [-0.2, 0) is 32.4 Å². The lowest BCUT2D eigenvalue weighted by Gasteiger charge is -2.30. The normalized spacial score (nSPS) is 18.1. The number of rotatable bonds is 4. The second-order valence-electron chi connectivity index (χ2n) is 8.67. The Bertz CT molecular complexity index is 1000. The van der Waals surface area contributed by atoms with Crippen molar-refractivity contribution in [2.45, 2.75) is 58.2 Å². The number of β-amino-alcohol motifs (C(OH)–C–C–N with tert-alkyl or cyclic N) is 1. The molecule has 1 aromatic heterocycles. The molecule has 1 N–H and O–H groups in total. The first-order valence-corrected chi connectivity index (χ1v) is 10.8. The predicted octanol–water partition coefficient (Wildman–Crippen LogP) is 4.25. The summed E-state index contributed by atoms with van der Waals surface area (Å²) in [5, 5.41) is 12.4. The molecule has 0 amide bonds. The van der Waals surface area contributed by atoms with Gasteiger partial charge in [-0.25, -0.2) is 0 Å². The van der Waals surface area contributed by atoms with Crippen LogP contribution in [0.1, 0.15) is 40.8 Å². The molecular formula is C25H30N2O. The summed E-state index contributed by atoms with van der Waals surface area (Å²) in [7, 11) is 0. The van der Waals surface area contributed by atoms with Crippen LogP contribution in [0.2, 0.25) is 0 Å². The van der Waals surface area contributed by atoms with E-state index in [1.54, 1.807) is 0 Å². The maximum absolute atomic E-state index is 11.0. The molecule has 0 radical (unpaired) electrons. The Balaban J connectivity index is 1.37. The maximum atomic E-state index is 11.0. The van der Waals surface area contributed by atoms with Gasteiger partial charge in [0.2, 0.25) is 0 Å². The van der Waals surface area contributed by atoms with E-state index in [1.807, 2.05) is 0 Å². The van der Waals surface area contributed by atoms with Crippen molar-refractivity contribution < 1.29 is 5.11 Å². The summed E-state index contributed by atoms with van der Waals surface area (Å²) in [4.78, 5) is 2.41. The third kappa shape index (κ3) is 3.27. The molecule has 0 fully saturated rings. The molecule has 0 saturated heterocycles. The fourth-order valence-corrected chi connectivity index (χ4v) is 5.23. The van der Waals surface area contributed by atoms with Crippen molar-refractivity contribution in [1.29, 1.82) is 0 Å². The molecule has 5 rings (SSSR count). The van der Waals surface area contributed by atoms with Gasteiger partial charge in [-0.15, -0.1) is 0 Å². The topological polar surface area (TPSA) is 28.4 Å². The Morgan fingerprint density at radius 2 is 1.79 bits per heavy atom. The quantitative estimate of drug-likeness (QED) is 0.740. The van der Waals surface area contributed by atoms with E-state index in [9.17, 15) is 5.11 Å². The highest BCUT2D eigenvalue weighted by molar-refractivity contribution is 5.86. The predicted molar refractivity (Wildman–Crippen MR) is 115 cm³/mol. The third-order valence-corrected chi connectivity index (χ3v) is 6.60. The molecule has 0 saturated carbocycles. The maximum Gasteiger partial charge on any atom is 0.0845 e. The first kappa shape index (κ1) is 18.0. The van der Waals surface area contributed by atoms with E-state index in [0.717, 1.165) is 32.5 Å². The molecule has 146 valence electrons.